The monoisotopic (exact) mass is 419 g/mol. The molecule has 3 aromatic rings. The van der Waals surface area contributed by atoms with Crippen LogP contribution < -0.4 is 10.2 Å². The molecule has 1 aliphatic carbocycles. The van der Waals surface area contributed by atoms with Gasteiger partial charge in [0, 0.05) is 19.7 Å². The van der Waals surface area contributed by atoms with Gasteiger partial charge in [-0.2, -0.15) is 5.10 Å². The summed E-state index contributed by atoms with van der Waals surface area (Å²) in [6.07, 6.45) is 5.50. The van der Waals surface area contributed by atoms with Crippen molar-refractivity contribution < 1.29 is 9.59 Å². The van der Waals surface area contributed by atoms with E-state index >= 15 is 0 Å². The number of nitrogens with one attached hydrogen (secondary N) is 1. The van der Waals surface area contributed by atoms with Crippen LogP contribution in [0.15, 0.2) is 42.7 Å². The van der Waals surface area contributed by atoms with Crippen molar-refractivity contribution in [3.63, 3.8) is 0 Å². The van der Waals surface area contributed by atoms with Crippen molar-refractivity contribution in [2.45, 2.75) is 44.8 Å². The van der Waals surface area contributed by atoms with Gasteiger partial charge in [0.1, 0.15) is 18.2 Å². The summed E-state index contributed by atoms with van der Waals surface area (Å²) >= 11 is 0. The summed E-state index contributed by atoms with van der Waals surface area (Å²) in [6, 6.07) is 11.2. The Labute approximate surface area is 180 Å². The van der Waals surface area contributed by atoms with Crippen LogP contribution in [0, 0.1) is 5.92 Å². The van der Waals surface area contributed by atoms with Gasteiger partial charge in [0.05, 0.1) is 12.2 Å². The number of aromatic nitrogens is 5. The number of carbonyl (C=O) groups excluding carboxylic acids is 2. The molecular formula is C22H25N7O2. The van der Waals surface area contributed by atoms with Gasteiger partial charge in [-0.15, -0.1) is 5.10 Å². The topological polar surface area (TPSA) is 97.9 Å². The molecule has 1 atom stereocenters. The summed E-state index contributed by atoms with van der Waals surface area (Å²) < 4.78 is 3.48. The van der Waals surface area contributed by atoms with Gasteiger partial charge in [-0.3, -0.25) is 14.5 Å². The fourth-order valence-electron chi connectivity index (χ4n) is 3.93. The average Bonchev–Trinajstić information content (AvgIpc) is 3.33. The second-order valence-corrected chi connectivity index (χ2v) is 8.33. The molecule has 3 heterocycles. The van der Waals surface area contributed by atoms with Crippen molar-refractivity contribution >= 4 is 17.6 Å². The number of likely N-dealkylation sites (N-methyl/N-ethyl adjacent to an activating group) is 1. The van der Waals surface area contributed by atoms with E-state index in [1.54, 1.807) is 16.6 Å². The molecule has 0 saturated heterocycles. The first-order chi connectivity index (χ1) is 15.1. The third-order valence-corrected chi connectivity index (χ3v) is 5.84. The lowest BCUT2D eigenvalue weighted by atomic mass is 10.2. The maximum Gasteiger partial charge on any atom is 0.291 e. The number of rotatable bonds is 6. The zero-order valence-electron chi connectivity index (χ0n) is 17.4. The Kier molecular flexibility index (Phi) is 5.01. The minimum Gasteiger partial charge on any atom is -0.337 e. The van der Waals surface area contributed by atoms with Crippen LogP contribution in [0.3, 0.4) is 0 Å². The number of hydrogen-bond acceptors (Lipinski definition) is 5. The summed E-state index contributed by atoms with van der Waals surface area (Å²) in [5.74, 6) is 0.963. The lowest BCUT2D eigenvalue weighted by Gasteiger charge is -2.19. The lowest BCUT2D eigenvalue weighted by Crippen LogP contribution is -2.47. The molecule has 1 aromatic carbocycles. The Hall–Kier alpha value is -3.49. The minimum absolute atomic E-state index is 0.0556. The molecule has 1 saturated carbocycles. The van der Waals surface area contributed by atoms with E-state index < -0.39 is 11.9 Å². The third kappa shape index (κ3) is 4.21. The van der Waals surface area contributed by atoms with Gasteiger partial charge >= 0.3 is 0 Å². The van der Waals surface area contributed by atoms with Crippen LogP contribution in [0.4, 0.5) is 5.82 Å². The van der Waals surface area contributed by atoms with Crippen molar-refractivity contribution in [3.05, 3.63) is 59.8 Å². The smallest absolute Gasteiger partial charge is 0.291 e. The molecule has 2 amide bonds. The first kappa shape index (κ1) is 19.5. The highest BCUT2D eigenvalue weighted by Gasteiger charge is 2.32. The van der Waals surface area contributed by atoms with Gasteiger partial charge in [-0.1, -0.05) is 30.3 Å². The fourth-order valence-corrected chi connectivity index (χ4v) is 3.93. The van der Waals surface area contributed by atoms with E-state index in [0.29, 0.717) is 19.5 Å². The first-order valence-electron chi connectivity index (χ1n) is 10.7. The van der Waals surface area contributed by atoms with Crippen LogP contribution in [0.2, 0.25) is 0 Å². The Morgan fingerprint density at radius 3 is 2.74 bits per heavy atom. The largest absolute Gasteiger partial charge is 0.337 e. The molecule has 5 rings (SSSR count). The maximum atomic E-state index is 13.0. The summed E-state index contributed by atoms with van der Waals surface area (Å²) in [5, 5.41) is 11.7. The molecule has 2 aliphatic rings. The molecule has 1 unspecified atom stereocenters. The molecule has 1 N–H and O–H groups in total. The van der Waals surface area contributed by atoms with Crippen molar-refractivity contribution in [1.29, 1.82) is 0 Å². The van der Waals surface area contributed by atoms with Gasteiger partial charge in [0.2, 0.25) is 5.82 Å². The molecular weight excluding hydrogens is 394 g/mol. The van der Waals surface area contributed by atoms with E-state index in [0.717, 1.165) is 29.4 Å². The normalized spacial score (nSPS) is 18.5. The van der Waals surface area contributed by atoms with Crippen molar-refractivity contribution in [3.8, 4) is 0 Å². The molecule has 160 valence electrons. The Balaban J connectivity index is 1.24. The Bertz CT molecular complexity index is 1100. The number of anilines is 1. The standard InChI is InChI=1S/C22H25N7O2/c1-27-19-12-17(11-15-7-8-15)25-29(19)10-9-18(22(27)31)24-21(30)20-23-14-28(26-20)13-16-5-3-2-4-6-16/h2-6,12,14-15,18H,7-11,13H2,1H3,(H,24,30). The Morgan fingerprint density at radius 2 is 1.97 bits per heavy atom. The molecule has 1 fully saturated rings. The maximum absolute atomic E-state index is 13.0. The van der Waals surface area contributed by atoms with E-state index in [9.17, 15) is 9.59 Å². The summed E-state index contributed by atoms with van der Waals surface area (Å²) in [4.78, 5) is 31.4. The van der Waals surface area contributed by atoms with Gasteiger partial charge in [-0.25, -0.2) is 14.3 Å². The van der Waals surface area contributed by atoms with Crippen molar-refractivity contribution in [2.75, 3.05) is 11.9 Å². The number of aryl methyl sites for hydroxylation is 1. The lowest BCUT2D eigenvalue weighted by molar-refractivity contribution is -0.120. The number of amides is 2. The van der Waals surface area contributed by atoms with E-state index in [-0.39, 0.29) is 11.7 Å². The van der Waals surface area contributed by atoms with Crippen LogP contribution in [0.25, 0.3) is 0 Å². The minimum atomic E-state index is -0.646. The quantitative estimate of drug-likeness (QED) is 0.655. The van der Waals surface area contributed by atoms with E-state index in [2.05, 4.69) is 20.5 Å². The number of fused-ring (bicyclic) bond motifs is 1. The molecule has 2 aromatic heterocycles. The van der Waals surface area contributed by atoms with Crippen LogP contribution in [0.5, 0.6) is 0 Å². The highest BCUT2D eigenvalue weighted by Crippen LogP contribution is 2.33. The predicted molar refractivity (Wildman–Crippen MR) is 114 cm³/mol. The van der Waals surface area contributed by atoms with Crippen molar-refractivity contribution in [2.24, 2.45) is 5.92 Å². The first-order valence-corrected chi connectivity index (χ1v) is 10.7. The van der Waals surface area contributed by atoms with Crippen LogP contribution >= 0.6 is 0 Å². The zero-order valence-corrected chi connectivity index (χ0v) is 17.4. The molecule has 0 bridgehead atoms. The third-order valence-electron chi connectivity index (χ3n) is 5.84. The molecule has 9 heteroatoms. The number of hydrogen-bond donors (Lipinski definition) is 1. The SMILES string of the molecule is CN1C(=O)C(NC(=O)c2ncn(Cc3ccccc3)n2)CCn2nc(CC3CC3)cc21. The average molecular weight is 419 g/mol. The van der Waals surface area contributed by atoms with E-state index in [1.807, 2.05) is 41.1 Å². The van der Waals surface area contributed by atoms with Crippen molar-refractivity contribution in [1.82, 2.24) is 29.9 Å². The second-order valence-electron chi connectivity index (χ2n) is 8.33. The fraction of sp³-hybridized carbons (Fsp3) is 0.409. The molecule has 9 nitrogen and oxygen atoms in total. The summed E-state index contributed by atoms with van der Waals surface area (Å²) in [6.45, 7) is 1.09. The summed E-state index contributed by atoms with van der Waals surface area (Å²) in [7, 11) is 1.73. The van der Waals surface area contributed by atoms with Gasteiger partial charge < -0.3 is 5.32 Å². The molecule has 0 spiro atoms. The van der Waals surface area contributed by atoms with E-state index in [1.165, 1.54) is 19.2 Å². The van der Waals surface area contributed by atoms with Gasteiger partial charge in [-0.05, 0) is 37.2 Å². The molecule has 1 aliphatic heterocycles. The van der Waals surface area contributed by atoms with Crippen LogP contribution in [-0.4, -0.2) is 49.4 Å². The second kappa shape index (κ2) is 7.98. The molecule has 31 heavy (non-hydrogen) atoms. The van der Waals surface area contributed by atoms with Gasteiger partial charge in [0.25, 0.3) is 11.8 Å². The van der Waals surface area contributed by atoms with Crippen LogP contribution in [0.1, 0.15) is 41.1 Å². The van der Waals surface area contributed by atoms with Gasteiger partial charge in [0.15, 0.2) is 0 Å². The number of nitrogens with zero attached hydrogens (tertiary/aromatic N) is 6. The highest BCUT2D eigenvalue weighted by molar-refractivity contribution is 6.00. The van der Waals surface area contributed by atoms with Crippen LogP contribution in [-0.2, 0) is 24.3 Å². The summed E-state index contributed by atoms with van der Waals surface area (Å²) in [5.41, 5.74) is 2.10. The Morgan fingerprint density at radius 1 is 1.16 bits per heavy atom. The zero-order chi connectivity index (χ0) is 21.4. The van der Waals surface area contributed by atoms with E-state index in [4.69, 9.17) is 0 Å². The number of benzene rings is 1. The molecule has 0 radical (unpaired) electrons. The predicted octanol–water partition coefficient (Wildman–Crippen LogP) is 1.64. The highest BCUT2D eigenvalue weighted by atomic mass is 16.2. The number of carbonyl (C=O) groups is 2.